The third-order valence-electron chi connectivity index (χ3n) is 2.82. The van der Waals surface area contributed by atoms with Crippen LogP contribution in [0.15, 0.2) is 11.4 Å². The molecular formula is C10H14ClNS. The van der Waals surface area contributed by atoms with E-state index >= 15 is 0 Å². The Bertz CT molecular complexity index is 284. The highest BCUT2D eigenvalue weighted by Crippen LogP contribution is 2.33. The maximum absolute atomic E-state index is 6.02. The van der Waals surface area contributed by atoms with E-state index in [9.17, 15) is 0 Å². The molecule has 2 rings (SSSR count). The molecule has 1 aromatic heterocycles. The molecule has 2 atom stereocenters. The summed E-state index contributed by atoms with van der Waals surface area (Å²) in [5.41, 5.74) is 1.12. The Kier molecular flexibility index (Phi) is 2.80. The van der Waals surface area contributed by atoms with Crippen LogP contribution in [0.5, 0.6) is 0 Å². The van der Waals surface area contributed by atoms with Gasteiger partial charge in [0.15, 0.2) is 0 Å². The molecule has 1 nitrogen and oxygen atoms in total. The van der Waals surface area contributed by atoms with E-state index in [1.807, 2.05) is 5.38 Å². The van der Waals surface area contributed by atoms with Crippen LogP contribution in [0.25, 0.3) is 0 Å². The first-order chi connectivity index (χ1) is 6.27. The summed E-state index contributed by atoms with van der Waals surface area (Å²) in [4.78, 5) is 0. The molecular weight excluding hydrogens is 202 g/mol. The Balaban J connectivity index is 2.01. The molecule has 0 saturated heterocycles. The zero-order valence-corrected chi connectivity index (χ0v) is 9.29. The van der Waals surface area contributed by atoms with Gasteiger partial charge < -0.3 is 5.32 Å². The molecule has 1 aromatic rings. The van der Waals surface area contributed by atoms with Crippen molar-refractivity contribution in [1.82, 2.24) is 0 Å². The molecule has 0 spiro atoms. The van der Waals surface area contributed by atoms with Crippen LogP contribution >= 0.6 is 22.9 Å². The number of nitrogens with one attached hydrogen (secondary N) is 1. The molecule has 1 fully saturated rings. The lowest BCUT2D eigenvalue weighted by atomic mass is 10.1. The Morgan fingerprint density at radius 2 is 2.38 bits per heavy atom. The van der Waals surface area contributed by atoms with Crippen LogP contribution < -0.4 is 5.32 Å². The second-order valence-corrected chi connectivity index (χ2v) is 5.29. The average Bonchev–Trinajstić information content (AvgIpc) is 2.65. The predicted octanol–water partition coefficient (Wildman–Crippen LogP) is 4.00. The van der Waals surface area contributed by atoms with E-state index in [2.05, 4.69) is 18.3 Å². The maximum atomic E-state index is 6.02. The fourth-order valence-corrected chi connectivity index (χ4v) is 2.80. The fourth-order valence-electron chi connectivity index (χ4n) is 1.96. The number of hydrogen-bond donors (Lipinski definition) is 1. The number of halogens is 1. The normalized spacial score (nSPS) is 27.8. The van der Waals surface area contributed by atoms with Crippen LogP contribution in [-0.2, 0) is 0 Å². The van der Waals surface area contributed by atoms with Crippen molar-refractivity contribution in [1.29, 1.82) is 0 Å². The van der Waals surface area contributed by atoms with Crippen LogP contribution in [0.3, 0.4) is 0 Å². The predicted molar refractivity (Wildman–Crippen MR) is 59.8 cm³/mol. The summed E-state index contributed by atoms with van der Waals surface area (Å²) < 4.78 is 0.888. The molecule has 0 aromatic carbocycles. The van der Waals surface area contributed by atoms with Crippen LogP contribution in [0.2, 0.25) is 4.34 Å². The average molecular weight is 216 g/mol. The fraction of sp³-hybridized carbons (Fsp3) is 0.600. The molecule has 1 heterocycles. The van der Waals surface area contributed by atoms with Gasteiger partial charge in [0.05, 0.1) is 5.69 Å². The van der Waals surface area contributed by atoms with Gasteiger partial charge in [0, 0.05) is 6.04 Å². The van der Waals surface area contributed by atoms with E-state index in [0.29, 0.717) is 6.04 Å². The standard InChI is InChI=1S/C10H14ClNS/c1-7-3-2-4-8(7)12-9-5-6-13-10(9)11/h5-8,12H,2-4H2,1H3. The van der Waals surface area contributed by atoms with E-state index in [1.165, 1.54) is 19.3 Å². The van der Waals surface area contributed by atoms with Crippen LogP contribution in [0.4, 0.5) is 5.69 Å². The summed E-state index contributed by atoms with van der Waals surface area (Å²) in [6.45, 7) is 2.31. The minimum absolute atomic E-state index is 0.632. The molecule has 2 unspecified atom stereocenters. The number of rotatable bonds is 2. The van der Waals surface area contributed by atoms with Gasteiger partial charge in [0.2, 0.25) is 0 Å². The van der Waals surface area contributed by atoms with Crippen molar-refractivity contribution in [2.24, 2.45) is 5.92 Å². The molecule has 0 amide bonds. The zero-order chi connectivity index (χ0) is 9.26. The summed E-state index contributed by atoms with van der Waals surface area (Å²) in [6.07, 6.45) is 3.98. The highest BCUT2D eigenvalue weighted by molar-refractivity contribution is 7.15. The summed E-state index contributed by atoms with van der Waals surface area (Å²) in [5, 5.41) is 5.55. The van der Waals surface area contributed by atoms with Crippen molar-refractivity contribution in [2.75, 3.05) is 5.32 Å². The summed E-state index contributed by atoms with van der Waals surface area (Å²) >= 11 is 7.61. The van der Waals surface area contributed by atoms with E-state index in [4.69, 9.17) is 11.6 Å². The van der Waals surface area contributed by atoms with Gasteiger partial charge in [0.25, 0.3) is 0 Å². The number of anilines is 1. The molecule has 1 aliphatic rings. The largest absolute Gasteiger partial charge is 0.380 e. The molecule has 13 heavy (non-hydrogen) atoms. The van der Waals surface area contributed by atoms with Gasteiger partial charge in [-0.1, -0.05) is 24.9 Å². The van der Waals surface area contributed by atoms with E-state index in [-0.39, 0.29) is 0 Å². The Hall–Kier alpha value is -0.210. The van der Waals surface area contributed by atoms with Crippen LogP contribution in [-0.4, -0.2) is 6.04 Å². The van der Waals surface area contributed by atoms with Crippen LogP contribution in [0.1, 0.15) is 26.2 Å². The van der Waals surface area contributed by atoms with E-state index in [0.717, 1.165) is 15.9 Å². The number of thiophene rings is 1. The van der Waals surface area contributed by atoms with Crippen molar-refractivity contribution < 1.29 is 0 Å². The smallest absolute Gasteiger partial charge is 0.116 e. The van der Waals surface area contributed by atoms with Crippen LogP contribution in [0, 0.1) is 5.92 Å². The summed E-state index contributed by atoms with van der Waals surface area (Å²) in [6, 6.07) is 2.70. The molecule has 0 radical (unpaired) electrons. The SMILES string of the molecule is CC1CCCC1Nc1ccsc1Cl. The van der Waals surface area contributed by atoms with Gasteiger partial charge in [-0.15, -0.1) is 11.3 Å². The molecule has 0 aliphatic heterocycles. The van der Waals surface area contributed by atoms with Crippen molar-refractivity contribution in [3.05, 3.63) is 15.8 Å². The highest BCUT2D eigenvalue weighted by atomic mass is 35.5. The van der Waals surface area contributed by atoms with Crippen molar-refractivity contribution in [3.63, 3.8) is 0 Å². The van der Waals surface area contributed by atoms with Gasteiger partial charge in [0.1, 0.15) is 4.34 Å². The molecule has 1 saturated carbocycles. The third kappa shape index (κ3) is 2.00. The van der Waals surface area contributed by atoms with Crippen molar-refractivity contribution in [3.8, 4) is 0 Å². The highest BCUT2D eigenvalue weighted by Gasteiger charge is 2.23. The monoisotopic (exact) mass is 215 g/mol. The first-order valence-electron chi connectivity index (χ1n) is 4.77. The Morgan fingerprint density at radius 3 is 2.92 bits per heavy atom. The summed E-state index contributed by atoms with van der Waals surface area (Å²) in [5.74, 6) is 0.788. The first-order valence-corrected chi connectivity index (χ1v) is 6.02. The van der Waals surface area contributed by atoms with Gasteiger partial charge in [-0.05, 0) is 30.2 Å². The van der Waals surface area contributed by atoms with Gasteiger partial charge in [-0.25, -0.2) is 0 Å². The Morgan fingerprint density at radius 1 is 1.54 bits per heavy atom. The second-order valence-electron chi connectivity index (χ2n) is 3.77. The quantitative estimate of drug-likeness (QED) is 0.787. The van der Waals surface area contributed by atoms with Gasteiger partial charge in [-0.3, -0.25) is 0 Å². The third-order valence-corrected chi connectivity index (χ3v) is 3.99. The lowest BCUT2D eigenvalue weighted by Gasteiger charge is -2.17. The lowest BCUT2D eigenvalue weighted by Crippen LogP contribution is -2.21. The molecule has 0 bridgehead atoms. The maximum Gasteiger partial charge on any atom is 0.116 e. The second kappa shape index (κ2) is 3.89. The van der Waals surface area contributed by atoms with Gasteiger partial charge >= 0.3 is 0 Å². The summed E-state index contributed by atoms with van der Waals surface area (Å²) in [7, 11) is 0. The molecule has 3 heteroatoms. The van der Waals surface area contributed by atoms with Gasteiger partial charge in [-0.2, -0.15) is 0 Å². The van der Waals surface area contributed by atoms with Crippen molar-refractivity contribution in [2.45, 2.75) is 32.2 Å². The van der Waals surface area contributed by atoms with E-state index < -0.39 is 0 Å². The van der Waals surface area contributed by atoms with E-state index in [1.54, 1.807) is 11.3 Å². The molecule has 72 valence electrons. The first kappa shape index (κ1) is 9.35. The molecule has 1 aliphatic carbocycles. The molecule has 1 N–H and O–H groups in total. The minimum Gasteiger partial charge on any atom is -0.380 e. The zero-order valence-electron chi connectivity index (χ0n) is 7.72. The minimum atomic E-state index is 0.632. The van der Waals surface area contributed by atoms with Crippen molar-refractivity contribution >= 4 is 28.6 Å². The lowest BCUT2D eigenvalue weighted by molar-refractivity contribution is 0.556. The Labute approximate surface area is 88.1 Å². The number of hydrogen-bond acceptors (Lipinski definition) is 2. The topological polar surface area (TPSA) is 12.0 Å².